The van der Waals surface area contributed by atoms with Crippen molar-refractivity contribution in [2.24, 2.45) is 0 Å². The molecule has 27 heavy (non-hydrogen) atoms. The topological polar surface area (TPSA) is 125 Å². The highest BCUT2D eigenvalue weighted by Gasteiger charge is 2.21. The Balaban J connectivity index is 1.42. The van der Waals surface area contributed by atoms with E-state index in [1.165, 1.54) is 25.5 Å². The molecule has 1 fully saturated rings. The van der Waals surface area contributed by atoms with E-state index in [0.29, 0.717) is 41.0 Å². The highest BCUT2D eigenvalue weighted by Crippen LogP contribution is 2.30. The Morgan fingerprint density at radius 2 is 2.15 bits per heavy atom. The van der Waals surface area contributed by atoms with Crippen LogP contribution in [0.2, 0.25) is 0 Å². The second-order valence-corrected chi connectivity index (χ2v) is 6.84. The van der Waals surface area contributed by atoms with Gasteiger partial charge in [0.05, 0.1) is 12.1 Å². The van der Waals surface area contributed by atoms with Crippen LogP contribution >= 0.6 is 0 Å². The zero-order valence-corrected chi connectivity index (χ0v) is 15.3. The first-order valence-electron chi connectivity index (χ1n) is 9.38. The van der Waals surface area contributed by atoms with Crippen molar-refractivity contribution in [1.29, 1.82) is 0 Å². The zero-order chi connectivity index (χ0) is 18.8. The number of imidazole rings is 1. The van der Waals surface area contributed by atoms with E-state index in [1.807, 2.05) is 6.92 Å². The number of nitrogens with zero attached hydrogens (tertiary/aromatic N) is 5. The molecule has 0 spiro atoms. The molecule has 1 aliphatic rings. The number of nitrogen functional groups attached to an aromatic ring is 1. The van der Waals surface area contributed by atoms with Crippen molar-refractivity contribution in [3.63, 3.8) is 0 Å². The second-order valence-electron chi connectivity index (χ2n) is 6.84. The molecule has 0 aliphatic heterocycles. The summed E-state index contributed by atoms with van der Waals surface area (Å²) in [6.45, 7) is 2.81. The van der Waals surface area contributed by atoms with Crippen LogP contribution in [-0.2, 0) is 13.1 Å². The first kappa shape index (κ1) is 17.4. The fourth-order valence-corrected chi connectivity index (χ4v) is 3.59. The van der Waals surface area contributed by atoms with Gasteiger partial charge in [0.1, 0.15) is 5.52 Å². The first-order chi connectivity index (χ1) is 13.2. The summed E-state index contributed by atoms with van der Waals surface area (Å²) in [7, 11) is 0. The van der Waals surface area contributed by atoms with Gasteiger partial charge in [-0.2, -0.15) is 4.98 Å². The third-order valence-electron chi connectivity index (χ3n) is 5.05. The molecule has 4 rings (SSSR count). The van der Waals surface area contributed by atoms with Gasteiger partial charge in [0.2, 0.25) is 11.8 Å². The number of fused-ring (bicyclic) bond motifs is 1. The molecule has 9 nitrogen and oxygen atoms in total. The van der Waals surface area contributed by atoms with Crippen LogP contribution in [-0.4, -0.2) is 30.6 Å². The lowest BCUT2D eigenvalue weighted by molar-refractivity contribution is 0.0946. The molecule has 3 aromatic heterocycles. The zero-order valence-electron chi connectivity index (χ0n) is 15.3. The summed E-state index contributed by atoms with van der Waals surface area (Å²) in [4.78, 5) is 25.4. The summed E-state index contributed by atoms with van der Waals surface area (Å²) in [6.07, 6.45) is 7.41. The Bertz CT molecular complexity index is 956. The van der Waals surface area contributed by atoms with E-state index in [9.17, 15) is 4.79 Å². The maximum absolute atomic E-state index is 12.4. The highest BCUT2D eigenvalue weighted by atomic mass is 16.5. The summed E-state index contributed by atoms with van der Waals surface area (Å²) >= 11 is 0. The molecule has 1 amide bonds. The molecule has 9 heteroatoms. The van der Waals surface area contributed by atoms with Crippen molar-refractivity contribution in [3.8, 4) is 0 Å². The molecule has 3 heterocycles. The Morgan fingerprint density at radius 3 is 2.93 bits per heavy atom. The molecule has 3 N–H and O–H groups in total. The average molecular weight is 369 g/mol. The normalized spacial score (nSPS) is 15.3. The molecule has 0 bridgehead atoms. The SMILES string of the molecule is CCn1c(N)nc2cc(C(=O)NCc3nc(C4CCCCC4)no3)cnc21. The van der Waals surface area contributed by atoms with Crippen LogP contribution in [0.25, 0.3) is 11.2 Å². The van der Waals surface area contributed by atoms with Crippen LogP contribution in [0.4, 0.5) is 5.95 Å². The van der Waals surface area contributed by atoms with Gasteiger partial charge in [0.25, 0.3) is 5.91 Å². The van der Waals surface area contributed by atoms with Gasteiger partial charge in [-0.3, -0.25) is 9.36 Å². The molecule has 142 valence electrons. The Kier molecular flexibility index (Phi) is 4.74. The number of carbonyl (C=O) groups is 1. The summed E-state index contributed by atoms with van der Waals surface area (Å²) in [5.74, 6) is 1.66. The van der Waals surface area contributed by atoms with Gasteiger partial charge in [-0.25, -0.2) is 9.97 Å². The number of hydrogen-bond acceptors (Lipinski definition) is 7. The number of pyridine rings is 1. The molecule has 0 aromatic carbocycles. The van der Waals surface area contributed by atoms with Crippen LogP contribution in [0.5, 0.6) is 0 Å². The van der Waals surface area contributed by atoms with E-state index >= 15 is 0 Å². The maximum Gasteiger partial charge on any atom is 0.253 e. The van der Waals surface area contributed by atoms with Crippen LogP contribution in [0.15, 0.2) is 16.8 Å². The van der Waals surface area contributed by atoms with Crippen LogP contribution in [0.1, 0.15) is 67.0 Å². The van der Waals surface area contributed by atoms with Crippen molar-refractivity contribution in [2.45, 2.75) is 58.0 Å². The number of aryl methyl sites for hydroxylation is 1. The molecule has 0 unspecified atom stereocenters. The van der Waals surface area contributed by atoms with Crippen molar-refractivity contribution in [3.05, 3.63) is 29.5 Å². The van der Waals surface area contributed by atoms with Crippen molar-refractivity contribution < 1.29 is 9.32 Å². The molecule has 1 saturated carbocycles. The van der Waals surface area contributed by atoms with E-state index in [2.05, 4.69) is 25.4 Å². The monoisotopic (exact) mass is 369 g/mol. The number of anilines is 1. The minimum atomic E-state index is -0.272. The van der Waals surface area contributed by atoms with Gasteiger partial charge < -0.3 is 15.6 Å². The summed E-state index contributed by atoms with van der Waals surface area (Å²) in [6, 6.07) is 1.68. The quantitative estimate of drug-likeness (QED) is 0.707. The number of carbonyl (C=O) groups excluding carboxylic acids is 1. The van der Waals surface area contributed by atoms with Crippen molar-refractivity contribution >= 4 is 23.0 Å². The largest absolute Gasteiger partial charge is 0.369 e. The number of nitrogens with two attached hydrogens (primary N) is 1. The average Bonchev–Trinajstić information content (AvgIpc) is 3.29. The second kappa shape index (κ2) is 7.34. The number of hydrogen-bond donors (Lipinski definition) is 2. The number of rotatable bonds is 5. The molecule has 0 radical (unpaired) electrons. The summed E-state index contributed by atoms with van der Waals surface area (Å²) in [5, 5.41) is 6.87. The van der Waals surface area contributed by atoms with Gasteiger partial charge in [-0.05, 0) is 25.8 Å². The van der Waals surface area contributed by atoms with Crippen molar-refractivity contribution in [2.75, 3.05) is 5.73 Å². The lowest BCUT2D eigenvalue weighted by atomic mass is 9.89. The fourth-order valence-electron chi connectivity index (χ4n) is 3.59. The molecular formula is C18H23N7O2. The Labute approximate surface area is 156 Å². The van der Waals surface area contributed by atoms with Gasteiger partial charge in [-0.15, -0.1) is 0 Å². The Hall–Kier alpha value is -2.97. The minimum Gasteiger partial charge on any atom is -0.369 e. The first-order valence-corrected chi connectivity index (χ1v) is 9.38. The predicted octanol–water partition coefficient (Wildman–Crippen LogP) is 2.39. The third-order valence-corrected chi connectivity index (χ3v) is 5.05. The molecule has 0 atom stereocenters. The van der Waals surface area contributed by atoms with Gasteiger partial charge in [0.15, 0.2) is 11.5 Å². The van der Waals surface area contributed by atoms with Gasteiger partial charge in [0, 0.05) is 18.7 Å². The van der Waals surface area contributed by atoms with E-state index < -0.39 is 0 Å². The van der Waals surface area contributed by atoms with Crippen LogP contribution in [0, 0.1) is 0 Å². The van der Waals surface area contributed by atoms with Crippen LogP contribution in [0.3, 0.4) is 0 Å². The third kappa shape index (κ3) is 3.49. The summed E-state index contributed by atoms with van der Waals surface area (Å²) < 4.78 is 7.08. The predicted molar refractivity (Wildman–Crippen MR) is 98.9 cm³/mol. The van der Waals surface area contributed by atoms with E-state index in [0.717, 1.165) is 18.7 Å². The Morgan fingerprint density at radius 1 is 1.33 bits per heavy atom. The van der Waals surface area contributed by atoms with Crippen LogP contribution < -0.4 is 11.1 Å². The molecule has 1 aliphatic carbocycles. The molecule has 3 aromatic rings. The van der Waals surface area contributed by atoms with E-state index in [-0.39, 0.29) is 12.5 Å². The highest BCUT2D eigenvalue weighted by molar-refractivity contribution is 5.96. The van der Waals surface area contributed by atoms with Gasteiger partial charge >= 0.3 is 0 Å². The van der Waals surface area contributed by atoms with E-state index in [1.54, 1.807) is 10.6 Å². The molecule has 0 saturated heterocycles. The smallest absolute Gasteiger partial charge is 0.253 e. The van der Waals surface area contributed by atoms with E-state index in [4.69, 9.17) is 10.3 Å². The number of aromatic nitrogens is 5. The molecular weight excluding hydrogens is 346 g/mol. The number of nitrogens with one attached hydrogen (secondary N) is 1. The number of amides is 1. The minimum absolute atomic E-state index is 0.183. The standard InChI is InChI=1S/C18H23N7O2/c1-2-25-16-13(22-18(25)19)8-12(9-20-16)17(26)21-10-14-23-15(24-27-14)11-6-4-3-5-7-11/h8-9,11H,2-7,10H2,1H3,(H2,19,22)(H,21,26). The lowest BCUT2D eigenvalue weighted by Crippen LogP contribution is -2.23. The van der Waals surface area contributed by atoms with Crippen molar-refractivity contribution in [1.82, 2.24) is 30.0 Å². The maximum atomic E-state index is 12.4. The van der Waals surface area contributed by atoms with Gasteiger partial charge in [-0.1, -0.05) is 24.4 Å². The fraction of sp³-hybridized carbons (Fsp3) is 0.500. The lowest BCUT2D eigenvalue weighted by Gasteiger charge is -2.17. The summed E-state index contributed by atoms with van der Waals surface area (Å²) in [5.41, 5.74) is 7.55.